The fraction of sp³-hybridized carbons (Fsp3) is 0.154. The Balaban J connectivity index is 2.40. The number of aryl methyl sites for hydroxylation is 2. The van der Waals surface area contributed by atoms with E-state index >= 15 is 0 Å². The minimum absolute atomic E-state index is 0.0181. The lowest BCUT2D eigenvalue weighted by Gasteiger charge is -2.09. The predicted octanol–water partition coefficient (Wildman–Crippen LogP) is 2.98. The van der Waals surface area contributed by atoms with E-state index in [2.05, 4.69) is 4.98 Å². The second-order valence-corrected chi connectivity index (χ2v) is 4.16. The van der Waals surface area contributed by atoms with Crippen LogP contribution >= 0.6 is 0 Å². The molecule has 0 aliphatic heterocycles. The highest BCUT2D eigenvalue weighted by molar-refractivity contribution is 5.50. The van der Waals surface area contributed by atoms with Gasteiger partial charge in [0.15, 0.2) is 0 Å². The summed E-state index contributed by atoms with van der Waals surface area (Å²) in [4.78, 5) is 14.5. The van der Waals surface area contributed by atoms with Gasteiger partial charge in [-0.25, -0.2) is 0 Å². The zero-order valence-corrected chi connectivity index (χ0v) is 10.6. The zero-order valence-electron chi connectivity index (χ0n) is 10.6. The Labute approximate surface area is 110 Å². The van der Waals surface area contributed by atoms with Crippen molar-refractivity contribution >= 4 is 11.5 Å². The molecule has 0 fully saturated rings. The summed E-state index contributed by atoms with van der Waals surface area (Å²) >= 11 is 0. The summed E-state index contributed by atoms with van der Waals surface area (Å²) < 4.78 is 5.54. The van der Waals surface area contributed by atoms with E-state index < -0.39 is 4.92 Å². The number of aromatic nitrogens is 1. The number of nitrogen functional groups attached to an aromatic ring is 1. The monoisotopic (exact) mass is 259 g/mol. The van der Waals surface area contributed by atoms with Crippen LogP contribution in [0.25, 0.3) is 0 Å². The maximum absolute atomic E-state index is 10.9. The molecule has 0 atom stereocenters. The van der Waals surface area contributed by atoms with Crippen molar-refractivity contribution in [2.75, 3.05) is 5.73 Å². The van der Waals surface area contributed by atoms with E-state index in [9.17, 15) is 10.1 Å². The number of benzene rings is 1. The first-order valence-electron chi connectivity index (χ1n) is 5.63. The quantitative estimate of drug-likeness (QED) is 0.675. The van der Waals surface area contributed by atoms with Gasteiger partial charge in [-0.05, 0) is 31.5 Å². The van der Waals surface area contributed by atoms with E-state index in [-0.39, 0.29) is 5.69 Å². The van der Waals surface area contributed by atoms with Crippen LogP contribution < -0.4 is 10.5 Å². The number of hydrogen-bond acceptors (Lipinski definition) is 5. The minimum Gasteiger partial charge on any atom is -0.438 e. The van der Waals surface area contributed by atoms with Crippen LogP contribution in [-0.4, -0.2) is 9.91 Å². The van der Waals surface area contributed by atoms with Gasteiger partial charge in [-0.1, -0.05) is 6.07 Å². The molecule has 6 nitrogen and oxygen atoms in total. The molecule has 0 amide bonds. The number of pyridine rings is 1. The van der Waals surface area contributed by atoms with Crippen molar-refractivity contribution in [2.45, 2.75) is 13.8 Å². The molecule has 1 aromatic heterocycles. The van der Waals surface area contributed by atoms with E-state index in [0.29, 0.717) is 23.0 Å². The molecular formula is C13H13N3O3. The van der Waals surface area contributed by atoms with Crippen LogP contribution in [0, 0.1) is 24.0 Å². The van der Waals surface area contributed by atoms with Crippen LogP contribution in [0.1, 0.15) is 11.1 Å². The Kier molecular flexibility index (Phi) is 3.33. The topological polar surface area (TPSA) is 91.3 Å². The molecular weight excluding hydrogens is 246 g/mol. The molecule has 6 heteroatoms. The lowest BCUT2D eigenvalue weighted by Crippen LogP contribution is -1.97. The normalized spacial score (nSPS) is 10.2. The molecule has 0 saturated carbocycles. The maximum Gasteiger partial charge on any atom is 0.276 e. The van der Waals surface area contributed by atoms with Crippen molar-refractivity contribution in [1.29, 1.82) is 0 Å². The van der Waals surface area contributed by atoms with E-state index in [1.807, 2.05) is 6.92 Å². The van der Waals surface area contributed by atoms with Crippen LogP contribution in [0.3, 0.4) is 0 Å². The average Bonchev–Trinajstić information content (AvgIpc) is 2.32. The van der Waals surface area contributed by atoms with Gasteiger partial charge in [-0.3, -0.25) is 10.1 Å². The minimum atomic E-state index is -0.436. The number of nitro groups is 1. The summed E-state index contributed by atoms with van der Waals surface area (Å²) in [5.41, 5.74) is 6.96. The first kappa shape index (κ1) is 12.8. The van der Waals surface area contributed by atoms with Gasteiger partial charge in [0.05, 0.1) is 11.0 Å². The highest BCUT2D eigenvalue weighted by Gasteiger charge is 2.15. The van der Waals surface area contributed by atoms with Crippen molar-refractivity contribution < 1.29 is 9.66 Å². The first-order chi connectivity index (χ1) is 8.97. The fourth-order valence-electron chi connectivity index (χ4n) is 1.73. The molecule has 0 aliphatic carbocycles. The van der Waals surface area contributed by atoms with Gasteiger partial charge in [0.25, 0.3) is 5.69 Å². The number of hydrogen-bond donors (Lipinski definition) is 1. The summed E-state index contributed by atoms with van der Waals surface area (Å²) in [5, 5.41) is 10.9. The standard InChI is InChI=1S/C13H13N3O3/c1-8-6-9(2)11(7-10(8)16(17)18)19-13-5-3-4-12(14)15-13/h3-7H,1-2H3,(H2,14,15). The molecule has 19 heavy (non-hydrogen) atoms. The maximum atomic E-state index is 10.9. The van der Waals surface area contributed by atoms with E-state index in [4.69, 9.17) is 10.5 Å². The van der Waals surface area contributed by atoms with Gasteiger partial charge in [-0.2, -0.15) is 4.98 Å². The smallest absolute Gasteiger partial charge is 0.276 e. The number of nitrogens with zero attached hydrogens (tertiary/aromatic N) is 2. The summed E-state index contributed by atoms with van der Waals surface area (Å²) in [6.07, 6.45) is 0. The van der Waals surface area contributed by atoms with Crippen LogP contribution in [0.5, 0.6) is 11.6 Å². The molecule has 98 valence electrons. The fourth-order valence-corrected chi connectivity index (χ4v) is 1.73. The summed E-state index contributed by atoms with van der Waals surface area (Å²) in [6.45, 7) is 3.51. The third-order valence-corrected chi connectivity index (χ3v) is 2.65. The van der Waals surface area contributed by atoms with Crippen LogP contribution in [0.15, 0.2) is 30.3 Å². The van der Waals surface area contributed by atoms with E-state index in [1.54, 1.807) is 31.2 Å². The molecule has 2 N–H and O–H groups in total. The molecule has 0 aliphatic rings. The highest BCUT2D eigenvalue weighted by Crippen LogP contribution is 2.30. The van der Waals surface area contributed by atoms with E-state index in [1.165, 1.54) is 6.07 Å². The van der Waals surface area contributed by atoms with Crippen molar-refractivity contribution in [2.24, 2.45) is 0 Å². The van der Waals surface area contributed by atoms with Gasteiger partial charge < -0.3 is 10.5 Å². The molecule has 0 spiro atoms. The Morgan fingerprint density at radius 1 is 1.26 bits per heavy atom. The summed E-state index contributed by atoms with van der Waals surface area (Å²) in [5.74, 6) is 1.04. The molecule has 0 bridgehead atoms. The molecule has 2 rings (SSSR count). The molecule has 0 saturated heterocycles. The third-order valence-electron chi connectivity index (χ3n) is 2.65. The number of nitrogens with two attached hydrogens (primary N) is 1. The van der Waals surface area contributed by atoms with Gasteiger partial charge in [0, 0.05) is 11.6 Å². The molecule has 1 heterocycles. The van der Waals surface area contributed by atoms with Crippen LogP contribution in [-0.2, 0) is 0 Å². The van der Waals surface area contributed by atoms with Crippen molar-refractivity contribution in [3.63, 3.8) is 0 Å². The SMILES string of the molecule is Cc1cc(C)c([N+](=O)[O-])cc1Oc1cccc(N)n1. The van der Waals surface area contributed by atoms with Crippen molar-refractivity contribution in [3.05, 3.63) is 51.6 Å². The number of rotatable bonds is 3. The number of anilines is 1. The number of ether oxygens (including phenoxy) is 1. The van der Waals surface area contributed by atoms with Crippen molar-refractivity contribution in [1.82, 2.24) is 4.98 Å². The molecule has 0 radical (unpaired) electrons. The highest BCUT2D eigenvalue weighted by atomic mass is 16.6. The Bertz CT molecular complexity index is 641. The zero-order chi connectivity index (χ0) is 14.0. The third kappa shape index (κ3) is 2.79. The average molecular weight is 259 g/mol. The van der Waals surface area contributed by atoms with Gasteiger partial charge in [0.2, 0.25) is 5.88 Å². The van der Waals surface area contributed by atoms with Crippen LogP contribution in [0.2, 0.25) is 0 Å². The van der Waals surface area contributed by atoms with E-state index in [0.717, 1.165) is 5.56 Å². The van der Waals surface area contributed by atoms with Crippen LogP contribution in [0.4, 0.5) is 11.5 Å². The Morgan fingerprint density at radius 3 is 2.63 bits per heavy atom. The molecule has 2 aromatic rings. The first-order valence-corrected chi connectivity index (χ1v) is 5.63. The Hall–Kier alpha value is -2.63. The lowest BCUT2D eigenvalue weighted by atomic mass is 10.1. The summed E-state index contributed by atoms with van der Waals surface area (Å²) in [7, 11) is 0. The van der Waals surface area contributed by atoms with Gasteiger partial charge in [-0.15, -0.1) is 0 Å². The second kappa shape index (κ2) is 4.93. The molecule has 1 aromatic carbocycles. The predicted molar refractivity (Wildman–Crippen MR) is 71.3 cm³/mol. The number of nitro benzene ring substituents is 1. The largest absolute Gasteiger partial charge is 0.438 e. The van der Waals surface area contributed by atoms with Crippen molar-refractivity contribution in [3.8, 4) is 11.6 Å². The van der Waals surface area contributed by atoms with Gasteiger partial charge >= 0.3 is 0 Å². The van der Waals surface area contributed by atoms with Gasteiger partial charge in [0.1, 0.15) is 11.6 Å². The summed E-state index contributed by atoms with van der Waals surface area (Å²) in [6, 6.07) is 8.09. The molecule has 0 unspecified atom stereocenters. The lowest BCUT2D eigenvalue weighted by molar-refractivity contribution is -0.385. The Morgan fingerprint density at radius 2 is 2.00 bits per heavy atom. The second-order valence-electron chi connectivity index (χ2n) is 4.16.